The molecule has 1 aliphatic heterocycles. The van der Waals surface area contributed by atoms with E-state index in [4.69, 9.17) is 9.15 Å². The van der Waals surface area contributed by atoms with Crippen molar-refractivity contribution in [3.8, 4) is 17.3 Å². The predicted octanol–water partition coefficient (Wildman–Crippen LogP) is 3.60. The number of unbranched alkanes of at least 4 members (excludes halogenated alkanes) is 2. The van der Waals surface area contributed by atoms with Crippen LogP contribution in [0.5, 0.6) is 5.88 Å². The molecule has 0 saturated carbocycles. The lowest BCUT2D eigenvalue weighted by Gasteiger charge is -2.27. The summed E-state index contributed by atoms with van der Waals surface area (Å²) in [5, 5.41) is 15.6. The van der Waals surface area contributed by atoms with Gasteiger partial charge < -0.3 is 19.8 Å². The van der Waals surface area contributed by atoms with Gasteiger partial charge in [0.25, 0.3) is 5.89 Å². The molecule has 1 aromatic carbocycles. The van der Waals surface area contributed by atoms with E-state index in [9.17, 15) is 9.59 Å². The summed E-state index contributed by atoms with van der Waals surface area (Å²) >= 11 is 0. The van der Waals surface area contributed by atoms with Crippen LogP contribution in [0.15, 0.2) is 34.7 Å². The van der Waals surface area contributed by atoms with Gasteiger partial charge in [-0.3, -0.25) is 9.59 Å². The molecule has 2 aromatic heterocycles. The summed E-state index contributed by atoms with van der Waals surface area (Å²) < 4.78 is 11.5. The van der Waals surface area contributed by atoms with Crippen LogP contribution in [0.1, 0.15) is 57.4 Å². The van der Waals surface area contributed by atoms with Gasteiger partial charge in [0.2, 0.25) is 17.7 Å². The van der Waals surface area contributed by atoms with Gasteiger partial charge in [0.1, 0.15) is 17.4 Å². The summed E-state index contributed by atoms with van der Waals surface area (Å²) in [6.45, 7) is 3.23. The first-order valence-corrected chi connectivity index (χ1v) is 11.9. The first-order valence-electron chi connectivity index (χ1n) is 11.9. The molecule has 2 N–H and O–H groups in total. The molecular formula is C25H31N5O4. The monoisotopic (exact) mass is 465 g/mol. The number of aromatic nitrogens is 3. The van der Waals surface area contributed by atoms with E-state index in [-0.39, 0.29) is 17.6 Å². The van der Waals surface area contributed by atoms with Crippen molar-refractivity contribution in [3.05, 3.63) is 36.2 Å². The normalized spacial score (nSPS) is 14.5. The van der Waals surface area contributed by atoms with E-state index < -0.39 is 6.04 Å². The zero-order chi connectivity index (χ0) is 23.9. The molecule has 34 heavy (non-hydrogen) atoms. The summed E-state index contributed by atoms with van der Waals surface area (Å²) in [7, 11) is 1.55. The molecule has 0 spiro atoms. The van der Waals surface area contributed by atoms with Gasteiger partial charge in [-0.25, -0.2) is 4.98 Å². The smallest absolute Gasteiger partial charge is 0.253 e. The topological polar surface area (TPSA) is 119 Å². The highest BCUT2D eigenvalue weighted by Crippen LogP contribution is 2.32. The van der Waals surface area contributed by atoms with Gasteiger partial charge >= 0.3 is 0 Å². The number of fused-ring (bicyclic) bond motifs is 1. The van der Waals surface area contributed by atoms with E-state index in [2.05, 4.69) is 25.8 Å². The number of methoxy groups -OCH3 is 1. The van der Waals surface area contributed by atoms with Crippen molar-refractivity contribution in [2.45, 2.75) is 51.5 Å². The third-order valence-electron chi connectivity index (χ3n) is 6.16. The molecule has 1 atom stereocenters. The van der Waals surface area contributed by atoms with Crippen LogP contribution in [0.3, 0.4) is 0 Å². The molecule has 1 amide bonds. The van der Waals surface area contributed by atoms with Crippen molar-refractivity contribution in [2.75, 3.05) is 20.2 Å². The maximum atomic E-state index is 12.6. The van der Waals surface area contributed by atoms with Crippen molar-refractivity contribution in [3.63, 3.8) is 0 Å². The number of ether oxygens (including phenoxy) is 1. The Bertz CT molecular complexity index is 1140. The molecule has 3 heterocycles. The van der Waals surface area contributed by atoms with Crippen LogP contribution in [0, 0.1) is 5.92 Å². The highest BCUT2D eigenvalue weighted by Gasteiger charge is 2.29. The van der Waals surface area contributed by atoms with E-state index in [0.29, 0.717) is 55.6 Å². The van der Waals surface area contributed by atoms with Crippen molar-refractivity contribution in [1.82, 2.24) is 25.8 Å². The van der Waals surface area contributed by atoms with E-state index >= 15 is 0 Å². The Kier molecular flexibility index (Phi) is 7.84. The van der Waals surface area contributed by atoms with Crippen molar-refractivity contribution in [1.29, 1.82) is 0 Å². The second kappa shape index (κ2) is 11.2. The predicted molar refractivity (Wildman–Crippen MR) is 127 cm³/mol. The molecule has 0 radical (unpaired) electrons. The molecule has 4 rings (SSSR count). The Labute approximate surface area is 198 Å². The van der Waals surface area contributed by atoms with E-state index in [0.717, 1.165) is 30.2 Å². The molecule has 1 fully saturated rings. The number of benzene rings is 1. The van der Waals surface area contributed by atoms with Gasteiger partial charge in [-0.05, 0) is 25.0 Å². The Morgan fingerprint density at radius 1 is 1.21 bits per heavy atom. The van der Waals surface area contributed by atoms with Crippen LogP contribution < -0.4 is 15.4 Å². The number of pyridine rings is 1. The number of rotatable bonds is 12. The number of nitrogens with zero attached hydrogens (tertiary/aromatic N) is 3. The van der Waals surface area contributed by atoms with Crippen molar-refractivity contribution >= 4 is 22.6 Å². The van der Waals surface area contributed by atoms with Gasteiger partial charge in [0.05, 0.1) is 18.5 Å². The highest BCUT2D eigenvalue weighted by molar-refractivity contribution is 5.84. The van der Waals surface area contributed by atoms with Crippen LogP contribution in [0.25, 0.3) is 22.4 Å². The van der Waals surface area contributed by atoms with Crippen molar-refractivity contribution < 1.29 is 18.7 Å². The number of Topliss-reactive ketones (excluding diaryl/α,β-unsaturated/α-hetero) is 1. The molecule has 180 valence electrons. The average molecular weight is 466 g/mol. The number of amides is 1. The fraction of sp³-hybridized carbons (Fsp3) is 0.480. The minimum atomic E-state index is -0.393. The fourth-order valence-electron chi connectivity index (χ4n) is 3.94. The van der Waals surface area contributed by atoms with Crippen LogP contribution in [-0.2, 0) is 9.59 Å². The quantitative estimate of drug-likeness (QED) is 0.390. The number of hydrogen-bond acceptors (Lipinski definition) is 8. The maximum Gasteiger partial charge on any atom is 0.253 e. The lowest BCUT2D eigenvalue weighted by atomic mass is 10.0. The third-order valence-corrected chi connectivity index (χ3v) is 6.16. The molecule has 9 nitrogen and oxygen atoms in total. The van der Waals surface area contributed by atoms with Gasteiger partial charge in [-0.15, -0.1) is 10.2 Å². The first-order chi connectivity index (χ1) is 16.6. The first kappa shape index (κ1) is 23.8. The van der Waals surface area contributed by atoms with E-state index in [1.807, 2.05) is 37.3 Å². The molecule has 0 aliphatic carbocycles. The standard InChI is InChI=1S/C25H31N5O4/c1-3-18(31)10-5-4-6-12-21(27-22(32)17-14-26-15-17)25-30-29-24(34-25)19-13-16-9-7-8-11-20(16)28-23(19)33-2/h7-9,11,13,17,21,26H,3-6,10,12,14-15H2,1-2H3,(H,27,32). The summed E-state index contributed by atoms with van der Waals surface area (Å²) in [4.78, 5) is 28.7. The van der Waals surface area contributed by atoms with Gasteiger partial charge in [0, 0.05) is 31.3 Å². The van der Waals surface area contributed by atoms with E-state index in [1.54, 1.807) is 7.11 Å². The summed E-state index contributed by atoms with van der Waals surface area (Å²) in [5.74, 6) is 1.27. The van der Waals surface area contributed by atoms with Crippen LogP contribution in [0.4, 0.5) is 0 Å². The van der Waals surface area contributed by atoms with Crippen LogP contribution in [-0.4, -0.2) is 47.1 Å². The number of para-hydroxylation sites is 1. The number of hydrogen-bond donors (Lipinski definition) is 2. The van der Waals surface area contributed by atoms with E-state index in [1.165, 1.54) is 0 Å². The number of carbonyl (C=O) groups is 2. The minimum absolute atomic E-state index is 0.0189. The molecule has 1 saturated heterocycles. The summed E-state index contributed by atoms with van der Waals surface area (Å²) in [6.07, 6.45) is 4.40. The fourth-order valence-corrected chi connectivity index (χ4v) is 3.94. The number of ketones is 1. The van der Waals surface area contributed by atoms with Crippen LogP contribution in [0.2, 0.25) is 0 Å². The molecule has 1 unspecified atom stereocenters. The molecule has 3 aromatic rings. The number of nitrogens with one attached hydrogen (secondary N) is 2. The maximum absolute atomic E-state index is 12.6. The largest absolute Gasteiger partial charge is 0.480 e. The second-order valence-corrected chi connectivity index (χ2v) is 8.59. The lowest BCUT2D eigenvalue weighted by Crippen LogP contribution is -2.51. The molecule has 1 aliphatic rings. The molecular weight excluding hydrogens is 434 g/mol. The third kappa shape index (κ3) is 5.59. The zero-order valence-electron chi connectivity index (χ0n) is 19.7. The Morgan fingerprint density at radius 3 is 2.76 bits per heavy atom. The Hall–Kier alpha value is -3.33. The van der Waals surface area contributed by atoms with Crippen molar-refractivity contribution in [2.24, 2.45) is 5.92 Å². The molecule has 0 bridgehead atoms. The van der Waals surface area contributed by atoms with Gasteiger partial charge in [-0.1, -0.05) is 38.0 Å². The SMILES string of the molecule is CCC(=O)CCCCCC(NC(=O)C1CNC1)c1nnc(-c2cc3ccccc3nc2OC)o1. The zero-order valence-corrected chi connectivity index (χ0v) is 19.7. The minimum Gasteiger partial charge on any atom is -0.480 e. The lowest BCUT2D eigenvalue weighted by molar-refractivity contribution is -0.127. The summed E-state index contributed by atoms with van der Waals surface area (Å²) in [5.41, 5.74) is 1.41. The molecule has 9 heteroatoms. The number of carbonyl (C=O) groups excluding carboxylic acids is 2. The van der Waals surface area contributed by atoms with Gasteiger partial charge in [0.15, 0.2) is 0 Å². The second-order valence-electron chi connectivity index (χ2n) is 8.59. The van der Waals surface area contributed by atoms with Gasteiger partial charge in [-0.2, -0.15) is 0 Å². The Balaban J connectivity index is 1.51. The van der Waals surface area contributed by atoms with Crippen LogP contribution >= 0.6 is 0 Å². The summed E-state index contributed by atoms with van der Waals surface area (Å²) in [6, 6.07) is 9.25. The Morgan fingerprint density at radius 2 is 2.03 bits per heavy atom. The average Bonchev–Trinajstić information content (AvgIpc) is 3.31. The highest BCUT2D eigenvalue weighted by atomic mass is 16.5.